The first-order valence-electron chi connectivity index (χ1n) is 10.2. The molecule has 1 N–H and O–H groups in total. The quantitative estimate of drug-likeness (QED) is 0.627. The number of aryl methyl sites for hydroxylation is 1. The number of para-hydroxylation sites is 1. The highest BCUT2D eigenvalue weighted by molar-refractivity contribution is 6.30. The molecule has 1 fully saturated rings. The van der Waals surface area contributed by atoms with Gasteiger partial charge in [-0.25, -0.2) is 9.97 Å². The number of halogens is 1. The zero-order valence-electron chi connectivity index (χ0n) is 17.4. The van der Waals surface area contributed by atoms with E-state index in [0.717, 1.165) is 37.0 Å². The SMILES string of the molecule is COc1ccccc1-c1cc(C(=O)NC2CCC(Oc3ncc(Cl)cn3)CC2)n(C)n1. The lowest BCUT2D eigenvalue weighted by Gasteiger charge is -2.28. The number of nitrogens with one attached hydrogen (secondary N) is 1. The predicted molar refractivity (Wildman–Crippen MR) is 116 cm³/mol. The fourth-order valence-electron chi connectivity index (χ4n) is 3.76. The van der Waals surface area contributed by atoms with Crippen LogP contribution in [0, 0.1) is 0 Å². The number of hydrogen-bond acceptors (Lipinski definition) is 6. The molecule has 2 aromatic heterocycles. The second kappa shape index (κ2) is 9.34. The molecule has 0 saturated heterocycles. The van der Waals surface area contributed by atoms with Crippen molar-refractivity contribution in [3.8, 4) is 23.0 Å². The molecule has 1 aliphatic carbocycles. The van der Waals surface area contributed by atoms with Crippen molar-refractivity contribution >= 4 is 17.5 Å². The first-order chi connectivity index (χ1) is 15.0. The molecule has 162 valence electrons. The van der Waals surface area contributed by atoms with Gasteiger partial charge in [-0.3, -0.25) is 9.48 Å². The molecule has 0 aliphatic heterocycles. The Balaban J connectivity index is 1.35. The van der Waals surface area contributed by atoms with Crippen LogP contribution in [0.3, 0.4) is 0 Å². The summed E-state index contributed by atoms with van der Waals surface area (Å²) in [6, 6.07) is 9.83. The van der Waals surface area contributed by atoms with Crippen molar-refractivity contribution in [2.45, 2.75) is 37.8 Å². The fourth-order valence-corrected chi connectivity index (χ4v) is 3.86. The van der Waals surface area contributed by atoms with Crippen LogP contribution in [-0.4, -0.2) is 44.9 Å². The van der Waals surface area contributed by atoms with Gasteiger partial charge in [-0.1, -0.05) is 23.7 Å². The first kappa shape index (κ1) is 21.1. The topological polar surface area (TPSA) is 91.2 Å². The molecule has 3 aromatic rings. The third-order valence-electron chi connectivity index (χ3n) is 5.37. The van der Waals surface area contributed by atoms with Crippen molar-refractivity contribution in [1.29, 1.82) is 0 Å². The van der Waals surface area contributed by atoms with Crippen molar-refractivity contribution < 1.29 is 14.3 Å². The maximum absolute atomic E-state index is 12.9. The van der Waals surface area contributed by atoms with Crippen LogP contribution >= 0.6 is 11.6 Å². The van der Waals surface area contributed by atoms with Gasteiger partial charge in [0.1, 0.15) is 17.5 Å². The molecule has 31 heavy (non-hydrogen) atoms. The Hall–Kier alpha value is -3.13. The number of nitrogens with zero attached hydrogens (tertiary/aromatic N) is 4. The largest absolute Gasteiger partial charge is 0.496 e. The molecule has 0 unspecified atom stereocenters. The molecule has 1 aliphatic rings. The molecule has 1 amide bonds. The van der Waals surface area contributed by atoms with Gasteiger partial charge in [0, 0.05) is 18.7 Å². The summed E-state index contributed by atoms with van der Waals surface area (Å²) in [5.74, 6) is 0.581. The Kier molecular flexibility index (Phi) is 6.36. The first-order valence-corrected chi connectivity index (χ1v) is 10.5. The van der Waals surface area contributed by atoms with E-state index in [9.17, 15) is 4.79 Å². The van der Waals surface area contributed by atoms with E-state index in [0.29, 0.717) is 22.4 Å². The van der Waals surface area contributed by atoms with Gasteiger partial charge >= 0.3 is 6.01 Å². The number of hydrogen-bond donors (Lipinski definition) is 1. The second-order valence-electron chi connectivity index (χ2n) is 7.49. The van der Waals surface area contributed by atoms with Gasteiger partial charge in [0.15, 0.2) is 0 Å². The van der Waals surface area contributed by atoms with Crippen LogP contribution in [-0.2, 0) is 7.05 Å². The molecule has 4 rings (SSSR count). The molecule has 0 radical (unpaired) electrons. The summed E-state index contributed by atoms with van der Waals surface area (Å²) in [6.07, 6.45) is 6.33. The Morgan fingerprint density at radius 2 is 1.87 bits per heavy atom. The number of rotatable bonds is 6. The Morgan fingerprint density at radius 3 is 2.58 bits per heavy atom. The van der Waals surface area contributed by atoms with Gasteiger partial charge in [0.05, 0.1) is 30.2 Å². The smallest absolute Gasteiger partial charge is 0.316 e. The Morgan fingerprint density at radius 1 is 1.16 bits per heavy atom. The van der Waals surface area contributed by atoms with E-state index in [-0.39, 0.29) is 18.1 Å². The van der Waals surface area contributed by atoms with Gasteiger partial charge in [-0.05, 0) is 43.9 Å². The minimum absolute atomic E-state index is 0.0307. The number of ether oxygens (including phenoxy) is 2. The standard InChI is InChI=1S/C22H24ClN5O3/c1-28-19(11-18(27-28)17-5-3-4-6-20(17)30-2)21(29)26-15-7-9-16(10-8-15)31-22-24-12-14(23)13-25-22/h3-6,11-13,15-16H,7-10H2,1-2H3,(H,26,29). The summed E-state index contributed by atoms with van der Waals surface area (Å²) in [5.41, 5.74) is 2.06. The van der Waals surface area contributed by atoms with E-state index in [4.69, 9.17) is 21.1 Å². The van der Waals surface area contributed by atoms with Gasteiger partial charge < -0.3 is 14.8 Å². The van der Waals surface area contributed by atoms with Crippen LogP contribution in [0.15, 0.2) is 42.7 Å². The number of benzene rings is 1. The van der Waals surface area contributed by atoms with E-state index in [1.807, 2.05) is 24.3 Å². The van der Waals surface area contributed by atoms with E-state index >= 15 is 0 Å². The van der Waals surface area contributed by atoms with Gasteiger partial charge in [0.2, 0.25) is 0 Å². The van der Waals surface area contributed by atoms with Crippen LogP contribution < -0.4 is 14.8 Å². The molecule has 1 aromatic carbocycles. The van der Waals surface area contributed by atoms with Crippen LogP contribution in [0.4, 0.5) is 0 Å². The molecule has 8 nitrogen and oxygen atoms in total. The van der Waals surface area contributed by atoms with Crippen molar-refractivity contribution in [2.24, 2.45) is 7.05 Å². The normalized spacial score (nSPS) is 18.4. The summed E-state index contributed by atoms with van der Waals surface area (Å²) in [7, 11) is 3.39. The number of amides is 1. The molecule has 9 heteroatoms. The molecule has 0 atom stereocenters. The van der Waals surface area contributed by atoms with Crippen molar-refractivity contribution in [3.05, 3.63) is 53.4 Å². The Labute approximate surface area is 185 Å². The summed E-state index contributed by atoms with van der Waals surface area (Å²) < 4.78 is 12.8. The summed E-state index contributed by atoms with van der Waals surface area (Å²) in [6.45, 7) is 0. The molecule has 2 heterocycles. The van der Waals surface area contributed by atoms with Gasteiger partial charge in [-0.15, -0.1) is 0 Å². The second-order valence-corrected chi connectivity index (χ2v) is 7.92. The van der Waals surface area contributed by atoms with Crippen molar-refractivity contribution in [3.63, 3.8) is 0 Å². The van der Waals surface area contributed by atoms with Crippen molar-refractivity contribution in [2.75, 3.05) is 7.11 Å². The van der Waals surface area contributed by atoms with E-state index in [1.54, 1.807) is 24.9 Å². The van der Waals surface area contributed by atoms with Gasteiger partial charge in [0.25, 0.3) is 5.91 Å². The molecule has 0 spiro atoms. The average Bonchev–Trinajstić information content (AvgIpc) is 3.18. The van der Waals surface area contributed by atoms with Crippen LogP contribution in [0.2, 0.25) is 5.02 Å². The molecule has 1 saturated carbocycles. The summed E-state index contributed by atoms with van der Waals surface area (Å²) >= 11 is 5.80. The monoisotopic (exact) mass is 441 g/mol. The lowest BCUT2D eigenvalue weighted by molar-refractivity contribution is 0.0876. The molecular formula is C22H24ClN5O3. The highest BCUT2D eigenvalue weighted by atomic mass is 35.5. The fraction of sp³-hybridized carbons (Fsp3) is 0.364. The van der Waals surface area contributed by atoms with Gasteiger partial charge in [-0.2, -0.15) is 5.10 Å². The van der Waals surface area contributed by atoms with E-state index in [2.05, 4.69) is 20.4 Å². The third-order valence-corrected chi connectivity index (χ3v) is 5.57. The predicted octanol–water partition coefficient (Wildman–Crippen LogP) is 3.66. The number of aromatic nitrogens is 4. The zero-order valence-corrected chi connectivity index (χ0v) is 18.2. The van der Waals surface area contributed by atoms with E-state index in [1.165, 1.54) is 12.4 Å². The van der Waals surface area contributed by atoms with Crippen LogP contribution in [0.5, 0.6) is 11.8 Å². The Bertz CT molecular complexity index is 1050. The highest BCUT2D eigenvalue weighted by Gasteiger charge is 2.26. The zero-order chi connectivity index (χ0) is 21.8. The molecular weight excluding hydrogens is 418 g/mol. The van der Waals surface area contributed by atoms with E-state index < -0.39 is 0 Å². The maximum Gasteiger partial charge on any atom is 0.316 e. The number of methoxy groups -OCH3 is 1. The van der Waals surface area contributed by atoms with Crippen molar-refractivity contribution in [1.82, 2.24) is 25.1 Å². The minimum atomic E-state index is -0.137. The molecule has 0 bridgehead atoms. The van der Waals surface area contributed by atoms with Crippen LogP contribution in [0.25, 0.3) is 11.3 Å². The van der Waals surface area contributed by atoms with Crippen LogP contribution in [0.1, 0.15) is 36.2 Å². The summed E-state index contributed by atoms with van der Waals surface area (Å²) in [5, 5.41) is 8.10. The maximum atomic E-state index is 12.9. The minimum Gasteiger partial charge on any atom is -0.496 e. The lowest BCUT2D eigenvalue weighted by Crippen LogP contribution is -2.40. The third kappa shape index (κ3) is 4.96. The summed E-state index contributed by atoms with van der Waals surface area (Å²) in [4.78, 5) is 21.0. The highest BCUT2D eigenvalue weighted by Crippen LogP contribution is 2.29. The number of carbonyl (C=O) groups excluding carboxylic acids is 1. The lowest BCUT2D eigenvalue weighted by atomic mass is 9.93. The number of carbonyl (C=O) groups is 1. The average molecular weight is 442 g/mol.